The van der Waals surface area contributed by atoms with Gasteiger partial charge in [-0.15, -0.1) is 23.4 Å². The summed E-state index contributed by atoms with van der Waals surface area (Å²) < 4.78 is 7.97. The third-order valence-corrected chi connectivity index (χ3v) is 15.0. The maximum Gasteiger partial charge on any atom is 0.316 e. The summed E-state index contributed by atoms with van der Waals surface area (Å²) in [5, 5.41) is 32.9. The Balaban J connectivity index is 0.958. The van der Waals surface area contributed by atoms with Gasteiger partial charge in [0.2, 0.25) is 5.91 Å². The van der Waals surface area contributed by atoms with Crippen LogP contribution in [0.2, 0.25) is 0 Å². The minimum absolute atomic E-state index is 0.0109. The highest BCUT2D eigenvalue weighted by atomic mass is 32.2. The molecule has 13 heteroatoms. The van der Waals surface area contributed by atoms with Gasteiger partial charge >= 0.3 is 5.97 Å². The van der Waals surface area contributed by atoms with Crippen molar-refractivity contribution in [3.8, 4) is 5.75 Å². The molecule has 12 nitrogen and oxygen atoms in total. The Morgan fingerprint density at radius 1 is 1.07 bits per heavy atom. The van der Waals surface area contributed by atoms with Gasteiger partial charge in [0.15, 0.2) is 0 Å². The lowest BCUT2D eigenvalue weighted by molar-refractivity contribution is -0.205. The largest absolute Gasteiger partial charge is 0.508 e. The number of Topliss-reactive ketones (excluding diaryl/α,β-unsaturated/α-hetero) is 1. The first-order valence-electron chi connectivity index (χ1n) is 20.0. The first-order chi connectivity index (χ1) is 26.8. The molecule has 2 aromatic carbocycles. The number of benzene rings is 2. The number of aliphatic hydroxyl groups excluding tert-OH is 1. The van der Waals surface area contributed by atoms with E-state index in [-0.39, 0.29) is 52.9 Å². The molecule has 3 aliphatic carbocycles. The quantitative estimate of drug-likeness (QED) is 0.120. The molecule has 1 saturated heterocycles. The number of rotatable bonds is 11. The molecule has 300 valence electrons. The summed E-state index contributed by atoms with van der Waals surface area (Å²) in [6.45, 7) is 16.6. The number of carbonyl (C=O) groups excluding carboxylic acids is 3. The lowest BCUT2D eigenvalue weighted by Gasteiger charge is -2.61. The smallest absolute Gasteiger partial charge is 0.316 e. The number of para-hydroxylation sites is 1. The Hall–Kier alpha value is -4.20. The number of phenols is 1. The van der Waals surface area contributed by atoms with Gasteiger partial charge in [0, 0.05) is 66.5 Å². The highest BCUT2D eigenvalue weighted by molar-refractivity contribution is 8.00. The fraction of sp³-hybridized carbons (Fsp3) is 0.558. The number of thioether (sulfide) groups is 1. The number of hydrogen-bond donors (Lipinski definition) is 3. The van der Waals surface area contributed by atoms with E-state index >= 15 is 0 Å². The number of carbonyl (C=O) groups is 3. The summed E-state index contributed by atoms with van der Waals surface area (Å²) in [7, 11) is 0. The average molecular weight is 785 g/mol. The van der Waals surface area contributed by atoms with Crippen LogP contribution in [0.5, 0.6) is 5.75 Å². The van der Waals surface area contributed by atoms with E-state index in [1.54, 1.807) is 24.4 Å². The van der Waals surface area contributed by atoms with Crippen LogP contribution < -0.4 is 10.2 Å². The zero-order valence-electron chi connectivity index (χ0n) is 33.0. The molecule has 2 bridgehead atoms. The maximum absolute atomic E-state index is 13.8. The Morgan fingerprint density at radius 2 is 1.80 bits per heavy atom. The van der Waals surface area contributed by atoms with Gasteiger partial charge in [-0.3, -0.25) is 19.3 Å². The van der Waals surface area contributed by atoms with Gasteiger partial charge in [-0.05, 0) is 79.3 Å². The number of amides is 1. The van der Waals surface area contributed by atoms with Crippen LogP contribution >= 0.6 is 11.8 Å². The van der Waals surface area contributed by atoms with E-state index < -0.39 is 29.0 Å². The fourth-order valence-corrected chi connectivity index (χ4v) is 11.2. The van der Waals surface area contributed by atoms with Crippen LogP contribution in [0.15, 0.2) is 72.3 Å². The van der Waals surface area contributed by atoms with Gasteiger partial charge in [-0.1, -0.05) is 51.1 Å². The van der Waals surface area contributed by atoms with E-state index in [2.05, 4.69) is 52.8 Å². The van der Waals surface area contributed by atoms with Gasteiger partial charge in [-0.25, -0.2) is 4.68 Å². The van der Waals surface area contributed by atoms with Gasteiger partial charge in [0.05, 0.1) is 29.4 Å². The molecule has 7 rings (SSSR count). The molecule has 0 radical (unpaired) electrons. The second-order valence-corrected chi connectivity index (χ2v) is 18.1. The van der Waals surface area contributed by atoms with Crippen LogP contribution in [0, 0.1) is 34.0 Å². The number of piperazine rings is 1. The topological polar surface area (TPSA) is 150 Å². The van der Waals surface area contributed by atoms with Gasteiger partial charge in [0.25, 0.3) is 0 Å². The van der Waals surface area contributed by atoms with Gasteiger partial charge in [0.1, 0.15) is 24.2 Å². The normalized spacial score (nSPS) is 31.9. The number of phenolic OH excluding ortho intramolecular Hbond substituents is 1. The molecule has 0 spiro atoms. The van der Waals surface area contributed by atoms with E-state index in [9.17, 15) is 24.6 Å². The predicted octanol–water partition coefficient (Wildman–Crippen LogP) is 5.94. The summed E-state index contributed by atoms with van der Waals surface area (Å²) in [4.78, 5) is 46.1. The SMILES string of the molecule is C=C[C@]1(C)C[C@@H](OC(=O)CSc2ccccc2NC(=O)Cn2cc(CN3CCN(c4ccc(O)cc4)CC3)nn2)[C@]2(C)[C@H](C)CC[C@]3(CCC(=O)[C@H]32)[C@@H](C)[C@@H]1O. The minimum atomic E-state index is -0.721. The van der Waals surface area contributed by atoms with Crippen LogP contribution in [0.3, 0.4) is 0 Å². The molecule has 4 aliphatic rings. The second kappa shape index (κ2) is 16.0. The molecule has 1 aromatic heterocycles. The molecular weight excluding hydrogens is 729 g/mol. The third-order valence-electron chi connectivity index (χ3n) is 13.9. The Bertz CT molecular complexity index is 1930. The molecule has 3 aromatic rings. The number of esters is 1. The van der Waals surface area contributed by atoms with E-state index in [0.717, 1.165) is 61.7 Å². The third kappa shape index (κ3) is 7.61. The van der Waals surface area contributed by atoms with Gasteiger partial charge in [-0.2, -0.15) is 0 Å². The summed E-state index contributed by atoms with van der Waals surface area (Å²) in [6.07, 6.45) is 5.72. The number of nitrogens with zero attached hydrogens (tertiary/aromatic N) is 5. The van der Waals surface area contributed by atoms with Crippen molar-refractivity contribution in [1.29, 1.82) is 0 Å². The van der Waals surface area contributed by atoms with E-state index in [0.29, 0.717) is 25.1 Å². The number of aromatic hydroxyl groups is 1. The summed E-state index contributed by atoms with van der Waals surface area (Å²) >= 11 is 1.29. The van der Waals surface area contributed by atoms with Crippen molar-refractivity contribution in [3.63, 3.8) is 0 Å². The number of ketones is 1. The van der Waals surface area contributed by atoms with Crippen LogP contribution in [-0.2, 0) is 32.2 Å². The number of ether oxygens (including phenoxy) is 1. The Kier molecular flexibility index (Phi) is 11.4. The van der Waals surface area contributed by atoms with E-state index in [1.165, 1.54) is 16.4 Å². The highest BCUT2D eigenvalue weighted by Crippen LogP contribution is 2.68. The van der Waals surface area contributed by atoms with Crippen molar-refractivity contribution < 1.29 is 29.3 Å². The summed E-state index contributed by atoms with van der Waals surface area (Å²) in [5.74, 6) is -0.404. The fourth-order valence-electron chi connectivity index (χ4n) is 10.4. The van der Waals surface area contributed by atoms with Gasteiger partial charge < -0.3 is 25.2 Å². The second-order valence-electron chi connectivity index (χ2n) is 17.1. The maximum atomic E-state index is 13.8. The van der Waals surface area contributed by atoms with Crippen molar-refractivity contribution in [2.75, 3.05) is 42.1 Å². The molecule has 1 amide bonds. The average Bonchev–Trinajstić information content (AvgIpc) is 3.78. The Labute approximate surface area is 334 Å². The van der Waals surface area contributed by atoms with E-state index in [1.807, 2.05) is 43.3 Å². The lowest BCUT2D eigenvalue weighted by Crippen LogP contribution is -2.63. The molecular formula is C43H56N6O6S. The number of anilines is 2. The van der Waals surface area contributed by atoms with Crippen molar-refractivity contribution in [2.24, 2.45) is 34.0 Å². The number of aromatic nitrogens is 3. The van der Waals surface area contributed by atoms with E-state index in [4.69, 9.17) is 4.74 Å². The summed E-state index contributed by atoms with van der Waals surface area (Å²) in [6, 6.07) is 14.6. The molecule has 56 heavy (non-hydrogen) atoms. The zero-order valence-corrected chi connectivity index (χ0v) is 33.8. The molecule has 3 N–H and O–H groups in total. The Morgan fingerprint density at radius 3 is 2.54 bits per heavy atom. The first kappa shape index (κ1) is 40.0. The van der Waals surface area contributed by atoms with Crippen molar-refractivity contribution in [1.82, 2.24) is 19.9 Å². The number of hydrogen-bond acceptors (Lipinski definition) is 11. The lowest BCUT2D eigenvalue weighted by atomic mass is 9.44. The number of aliphatic hydroxyl groups is 1. The van der Waals surface area contributed by atoms with Crippen LogP contribution in [-0.4, -0.2) is 91.9 Å². The van der Waals surface area contributed by atoms with Crippen molar-refractivity contribution in [3.05, 3.63) is 73.1 Å². The van der Waals surface area contributed by atoms with Crippen LogP contribution in [0.25, 0.3) is 0 Å². The van der Waals surface area contributed by atoms with Crippen LogP contribution in [0.1, 0.15) is 65.5 Å². The monoisotopic (exact) mass is 784 g/mol. The standard InChI is InChI=1S/C43H56N6O6S/c1-6-41(4)23-36(42(5)28(2)15-17-43(29(3)40(41)54)18-16-34(51)39(42)43)55-38(53)27-56-35-10-8-7-9-33(35)44-37(52)26-49-25-30(45-46-49)24-47-19-21-48(22-20-47)31-11-13-32(50)14-12-31/h6-14,25,28-29,36,39-40,50,54H,1,15-24,26-27H2,2-5H3,(H,44,52)/t28-,29+,36-,39+,40+,41-,42+,43+/m1/s1. The predicted molar refractivity (Wildman–Crippen MR) is 216 cm³/mol. The zero-order chi connectivity index (χ0) is 39.8. The molecule has 0 unspecified atom stereocenters. The molecule has 8 atom stereocenters. The number of nitrogens with one attached hydrogen (secondary N) is 1. The molecule has 3 saturated carbocycles. The molecule has 1 aliphatic heterocycles. The minimum Gasteiger partial charge on any atom is -0.508 e. The van der Waals surface area contributed by atoms with Crippen molar-refractivity contribution >= 4 is 40.8 Å². The first-order valence-corrected chi connectivity index (χ1v) is 20.9. The van der Waals surface area contributed by atoms with Crippen molar-refractivity contribution in [2.45, 2.75) is 90.0 Å². The highest BCUT2D eigenvalue weighted by Gasteiger charge is 2.68. The van der Waals surface area contributed by atoms with Crippen LogP contribution in [0.4, 0.5) is 11.4 Å². The molecule has 4 fully saturated rings. The molecule has 2 heterocycles. The summed E-state index contributed by atoms with van der Waals surface area (Å²) in [5.41, 5.74) is 0.834.